The van der Waals surface area contributed by atoms with Crippen LogP contribution in [-0.4, -0.2) is 16.0 Å². The summed E-state index contributed by atoms with van der Waals surface area (Å²) >= 11 is 0. The van der Waals surface area contributed by atoms with E-state index in [1.807, 2.05) is 6.92 Å². The Bertz CT molecular complexity index is 462. The Hall–Kier alpha value is -1.32. The lowest BCUT2D eigenvalue weighted by Gasteiger charge is -2.21. The predicted octanol–water partition coefficient (Wildman–Crippen LogP) is 3.27. The van der Waals surface area contributed by atoms with Crippen LogP contribution in [0.1, 0.15) is 58.3 Å². The number of aromatic nitrogens is 2. The highest BCUT2D eigenvalue weighted by Crippen LogP contribution is 2.30. The second-order valence-corrected chi connectivity index (χ2v) is 6.92. The van der Waals surface area contributed by atoms with Crippen LogP contribution >= 0.6 is 0 Å². The minimum atomic E-state index is -0.0821. The van der Waals surface area contributed by atoms with Gasteiger partial charge in [-0.15, -0.1) is 0 Å². The number of anilines is 2. The molecule has 1 heterocycles. The summed E-state index contributed by atoms with van der Waals surface area (Å²) in [5, 5.41) is 3.56. The summed E-state index contributed by atoms with van der Waals surface area (Å²) in [6, 6.07) is 0.524. The SMILES string of the molecule is Cc1c(N)nc(C(C)(C)C)nc1NC1CCC(C)C1. The molecule has 0 saturated heterocycles. The molecule has 3 N–H and O–H groups in total. The van der Waals surface area contributed by atoms with Crippen molar-refractivity contribution in [1.82, 2.24) is 9.97 Å². The molecule has 4 nitrogen and oxygen atoms in total. The van der Waals surface area contributed by atoms with Crippen LogP contribution in [0.4, 0.5) is 11.6 Å². The van der Waals surface area contributed by atoms with Gasteiger partial charge < -0.3 is 11.1 Å². The molecule has 0 aromatic carbocycles. The molecule has 0 amide bonds. The van der Waals surface area contributed by atoms with E-state index in [1.165, 1.54) is 19.3 Å². The monoisotopic (exact) mass is 262 g/mol. The van der Waals surface area contributed by atoms with Gasteiger partial charge in [0.2, 0.25) is 0 Å². The van der Waals surface area contributed by atoms with E-state index < -0.39 is 0 Å². The normalized spacial score (nSPS) is 23.6. The van der Waals surface area contributed by atoms with Crippen LogP contribution < -0.4 is 11.1 Å². The average molecular weight is 262 g/mol. The van der Waals surface area contributed by atoms with Crippen LogP contribution in [0, 0.1) is 12.8 Å². The summed E-state index contributed by atoms with van der Waals surface area (Å²) in [5.74, 6) is 3.12. The Balaban J connectivity index is 2.26. The fraction of sp³-hybridized carbons (Fsp3) is 0.733. The third-order valence-electron chi connectivity index (χ3n) is 3.89. The highest BCUT2D eigenvalue weighted by Gasteiger charge is 2.24. The Morgan fingerprint density at radius 1 is 1.21 bits per heavy atom. The molecule has 0 spiro atoms. The zero-order valence-electron chi connectivity index (χ0n) is 12.7. The molecule has 4 heteroatoms. The molecule has 2 rings (SSSR count). The van der Waals surface area contributed by atoms with Gasteiger partial charge in [0.15, 0.2) is 0 Å². The molecule has 1 aliphatic rings. The van der Waals surface area contributed by atoms with Gasteiger partial charge in [0, 0.05) is 17.0 Å². The summed E-state index contributed by atoms with van der Waals surface area (Å²) in [6.07, 6.45) is 3.73. The van der Waals surface area contributed by atoms with Gasteiger partial charge in [-0.2, -0.15) is 0 Å². The first-order valence-electron chi connectivity index (χ1n) is 7.18. The van der Waals surface area contributed by atoms with E-state index in [0.29, 0.717) is 11.9 Å². The number of hydrogen-bond acceptors (Lipinski definition) is 4. The van der Waals surface area contributed by atoms with Crippen LogP contribution in [0.3, 0.4) is 0 Å². The van der Waals surface area contributed by atoms with E-state index in [1.54, 1.807) is 0 Å². The Kier molecular flexibility index (Phi) is 3.70. The van der Waals surface area contributed by atoms with E-state index in [4.69, 9.17) is 10.7 Å². The molecular formula is C15H26N4. The topological polar surface area (TPSA) is 63.8 Å². The Morgan fingerprint density at radius 3 is 2.42 bits per heavy atom. The minimum Gasteiger partial charge on any atom is -0.383 e. The number of hydrogen-bond donors (Lipinski definition) is 2. The summed E-state index contributed by atoms with van der Waals surface area (Å²) in [4.78, 5) is 9.11. The molecule has 106 valence electrons. The van der Waals surface area contributed by atoms with Gasteiger partial charge >= 0.3 is 0 Å². The van der Waals surface area contributed by atoms with Crippen LogP contribution in [0.25, 0.3) is 0 Å². The van der Waals surface area contributed by atoms with Gasteiger partial charge in [-0.05, 0) is 32.1 Å². The van der Waals surface area contributed by atoms with Gasteiger partial charge in [-0.3, -0.25) is 0 Å². The maximum Gasteiger partial charge on any atom is 0.138 e. The van der Waals surface area contributed by atoms with Crippen molar-refractivity contribution >= 4 is 11.6 Å². The van der Waals surface area contributed by atoms with Gasteiger partial charge in [0.1, 0.15) is 17.5 Å². The van der Waals surface area contributed by atoms with Crippen LogP contribution in [0.2, 0.25) is 0 Å². The van der Waals surface area contributed by atoms with Gasteiger partial charge in [0.25, 0.3) is 0 Å². The van der Waals surface area contributed by atoms with E-state index in [2.05, 4.69) is 38.0 Å². The predicted molar refractivity (Wildman–Crippen MR) is 80.3 cm³/mol. The first-order valence-corrected chi connectivity index (χ1v) is 7.18. The third-order valence-corrected chi connectivity index (χ3v) is 3.89. The molecule has 0 bridgehead atoms. The maximum atomic E-state index is 6.03. The molecule has 1 aliphatic carbocycles. The van der Waals surface area contributed by atoms with Crippen molar-refractivity contribution in [3.05, 3.63) is 11.4 Å². The van der Waals surface area contributed by atoms with Gasteiger partial charge in [-0.1, -0.05) is 27.7 Å². The fourth-order valence-corrected chi connectivity index (χ4v) is 2.54. The fourth-order valence-electron chi connectivity index (χ4n) is 2.54. The minimum absolute atomic E-state index is 0.0821. The number of nitrogen functional groups attached to an aromatic ring is 1. The second-order valence-electron chi connectivity index (χ2n) is 6.92. The van der Waals surface area contributed by atoms with Crippen LogP contribution in [0.15, 0.2) is 0 Å². The van der Waals surface area contributed by atoms with Crippen molar-refractivity contribution < 1.29 is 0 Å². The molecule has 1 aromatic rings. The lowest BCUT2D eigenvalue weighted by Crippen LogP contribution is -2.22. The maximum absolute atomic E-state index is 6.03. The quantitative estimate of drug-likeness (QED) is 0.858. The van der Waals surface area contributed by atoms with E-state index in [9.17, 15) is 0 Å². The lowest BCUT2D eigenvalue weighted by molar-refractivity contribution is 0.545. The average Bonchev–Trinajstić information content (AvgIpc) is 2.69. The number of nitrogens with zero attached hydrogens (tertiary/aromatic N) is 2. The van der Waals surface area contributed by atoms with E-state index in [-0.39, 0.29) is 5.41 Å². The van der Waals surface area contributed by atoms with Crippen LogP contribution in [-0.2, 0) is 5.41 Å². The van der Waals surface area contributed by atoms with Crippen molar-refractivity contribution in [2.75, 3.05) is 11.1 Å². The number of nitrogens with two attached hydrogens (primary N) is 1. The summed E-state index contributed by atoms with van der Waals surface area (Å²) < 4.78 is 0. The van der Waals surface area contributed by atoms with Crippen LogP contribution in [0.5, 0.6) is 0 Å². The molecule has 2 unspecified atom stereocenters. The summed E-state index contributed by atoms with van der Waals surface area (Å²) in [5.41, 5.74) is 6.91. The molecule has 1 saturated carbocycles. The standard InChI is InChI=1S/C15H26N4/c1-9-6-7-11(8-9)17-13-10(2)12(16)18-14(19-13)15(3,4)5/h9,11H,6-8H2,1-5H3,(H3,16,17,18,19). The lowest BCUT2D eigenvalue weighted by atomic mass is 9.95. The van der Waals surface area contributed by atoms with Crippen molar-refractivity contribution in [3.63, 3.8) is 0 Å². The number of rotatable bonds is 2. The molecule has 0 aliphatic heterocycles. The molecular weight excluding hydrogens is 236 g/mol. The molecule has 1 aromatic heterocycles. The summed E-state index contributed by atoms with van der Waals surface area (Å²) in [6.45, 7) is 10.6. The van der Waals surface area contributed by atoms with E-state index in [0.717, 1.165) is 23.1 Å². The van der Waals surface area contributed by atoms with Crippen molar-refractivity contribution in [2.45, 2.75) is 65.3 Å². The number of nitrogens with one attached hydrogen (secondary N) is 1. The second kappa shape index (κ2) is 4.99. The Labute approximate surface area is 116 Å². The third kappa shape index (κ3) is 3.17. The van der Waals surface area contributed by atoms with Crippen molar-refractivity contribution in [3.8, 4) is 0 Å². The van der Waals surface area contributed by atoms with Gasteiger partial charge in [0.05, 0.1) is 0 Å². The summed E-state index contributed by atoms with van der Waals surface area (Å²) in [7, 11) is 0. The zero-order chi connectivity index (χ0) is 14.2. The highest BCUT2D eigenvalue weighted by molar-refractivity contribution is 5.55. The smallest absolute Gasteiger partial charge is 0.138 e. The first kappa shape index (κ1) is 14.1. The van der Waals surface area contributed by atoms with Crippen molar-refractivity contribution in [2.24, 2.45) is 5.92 Å². The molecule has 1 fully saturated rings. The van der Waals surface area contributed by atoms with Crippen molar-refractivity contribution in [1.29, 1.82) is 0 Å². The van der Waals surface area contributed by atoms with Gasteiger partial charge in [-0.25, -0.2) is 9.97 Å². The Morgan fingerprint density at radius 2 is 1.89 bits per heavy atom. The zero-order valence-corrected chi connectivity index (χ0v) is 12.7. The van der Waals surface area contributed by atoms with E-state index >= 15 is 0 Å². The highest BCUT2D eigenvalue weighted by atomic mass is 15.1. The largest absolute Gasteiger partial charge is 0.383 e. The molecule has 2 atom stereocenters. The molecule has 0 radical (unpaired) electrons. The first-order chi connectivity index (χ1) is 8.77. The molecule has 19 heavy (non-hydrogen) atoms.